The van der Waals surface area contributed by atoms with Gasteiger partial charge >= 0.3 is 5.97 Å². The number of guanidine groups is 1. The fourth-order valence-electron chi connectivity index (χ4n) is 3.85. The molecule has 2 heterocycles. The molecular weight excluding hydrogens is 593 g/mol. The highest BCUT2D eigenvalue weighted by atomic mass is 35.5. The fraction of sp³-hybridized carbons (Fsp3) is 0.250. The van der Waals surface area contributed by atoms with Crippen molar-refractivity contribution in [2.75, 3.05) is 18.9 Å². The molecule has 0 bridgehead atoms. The lowest BCUT2D eigenvalue weighted by Gasteiger charge is -2.49. The van der Waals surface area contributed by atoms with Crippen LogP contribution < -0.4 is 26.3 Å². The van der Waals surface area contributed by atoms with Gasteiger partial charge in [-0.25, -0.2) is 4.79 Å². The van der Waals surface area contributed by atoms with Crippen LogP contribution in [0.5, 0.6) is 17.2 Å². The van der Waals surface area contributed by atoms with Crippen LogP contribution in [0.25, 0.3) is 0 Å². The third-order valence-corrected chi connectivity index (χ3v) is 7.73. The van der Waals surface area contributed by atoms with Gasteiger partial charge < -0.3 is 31.4 Å². The Balaban J connectivity index is 1.48. The number of amides is 2. The number of carbonyl (C=O) groups is 3. The number of nitrogens with zero attached hydrogens (tertiary/aromatic N) is 2. The molecular formula is C24H22Cl3N5O6S. The average Bonchev–Trinajstić information content (AvgIpc) is 2.87. The molecule has 0 aromatic heterocycles. The van der Waals surface area contributed by atoms with Crippen molar-refractivity contribution in [3.05, 3.63) is 62.7 Å². The predicted octanol–water partition coefficient (Wildman–Crippen LogP) is 3.22. The number of benzene rings is 2. The minimum absolute atomic E-state index is 0.0228. The van der Waals surface area contributed by atoms with E-state index in [1.807, 2.05) is 0 Å². The summed E-state index contributed by atoms with van der Waals surface area (Å²) in [6.45, 7) is -0.0937. The van der Waals surface area contributed by atoms with Crippen molar-refractivity contribution in [3.8, 4) is 17.2 Å². The summed E-state index contributed by atoms with van der Waals surface area (Å²) in [6.07, 6.45) is -0.0228. The summed E-state index contributed by atoms with van der Waals surface area (Å²) >= 11 is 19.6. The van der Waals surface area contributed by atoms with Gasteiger partial charge in [-0.3, -0.25) is 19.5 Å². The van der Waals surface area contributed by atoms with Gasteiger partial charge in [0.05, 0.1) is 11.6 Å². The molecule has 2 atom stereocenters. The van der Waals surface area contributed by atoms with Gasteiger partial charge in [0.25, 0.3) is 5.91 Å². The number of hydrogen-bond donors (Lipinski definition) is 4. The Bertz CT molecular complexity index is 1380. The van der Waals surface area contributed by atoms with Crippen molar-refractivity contribution in [1.29, 1.82) is 0 Å². The SMILES string of the molecule is NC(N)=NCCC(=O)N[C@@H]1C(=O)N2C(C(=O)O)=C(COc3cc(Cl)ccc3Oc3ccc(Cl)cc3Cl)CS[C@H]12. The summed E-state index contributed by atoms with van der Waals surface area (Å²) in [7, 11) is 0. The molecule has 2 aromatic carbocycles. The Morgan fingerprint density at radius 2 is 1.79 bits per heavy atom. The molecule has 2 amide bonds. The van der Waals surface area contributed by atoms with Gasteiger partial charge in [-0.05, 0) is 30.3 Å². The van der Waals surface area contributed by atoms with Gasteiger partial charge in [-0.2, -0.15) is 0 Å². The summed E-state index contributed by atoms with van der Waals surface area (Å²) in [5.41, 5.74) is 10.7. The van der Waals surface area contributed by atoms with E-state index < -0.39 is 29.2 Å². The van der Waals surface area contributed by atoms with E-state index >= 15 is 0 Å². The Kier molecular flexibility index (Phi) is 9.01. The summed E-state index contributed by atoms with van der Waals surface area (Å²) < 4.78 is 11.8. The molecule has 11 nitrogen and oxygen atoms in total. The van der Waals surface area contributed by atoms with Gasteiger partial charge in [-0.1, -0.05) is 34.8 Å². The smallest absolute Gasteiger partial charge is 0.352 e. The normalized spacial score (nSPS) is 18.1. The number of halogens is 3. The number of aliphatic carboxylic acids is 1. The first-order valence-corrected chi connectivity index (χ1v) is 13.5. The topological polar surface area (TPSA) is 170 Å². The summed E-state index contributed by atoms with van der Waals surface area (Å²) in [5, 5.41) is 13.0. The first-order chi connectivity index (χ1) is 18.5. The molecule has 0 aliphatic carbocycles. The van der Waals surface area contributed by atoms with Crippen molar-refractivity contribution < 1.29 is 29.0 Å². The number of carbonyl (C=O) groups excluding carboxylic acids is 2. The number of thioether (sulfide) groups is 1. The maximum absolute atomic E-state index is 12.8. The van der Waals surface area contributed by atoms with E-state index in [2.05, 4.69) is 10.3 Å². The largest absolute Gasteiger partial charge is 0.485 e. The van der Waals surface area contributed by atoms with Crippen LogP contribution in [0.3, 0.4) is 0 Å². The van der Waals surface area contributed by atoms with Gasteiger partial charge in [-0.15, -0.1) is 11.8 Å². The van der Waals surface area contributed by atoms with Crippen molar-refractivity contribution >= 4 is 70.3 Å². The second-order valence-corrected chi connectivity index (χ2v) is 10.7. The standard InChI is InChI=1S/C24H22Cl3N5O6S/c25-12-1-3-15(14(27)7-12)38-16-4-2-13(26)8-17(16)37-9-11-10-39-22-19(21(34)32(22)20(11)23(35)36)31-18(33)5-6-30-24(28)29/h1-4,7-8,19,22H,5-6,9-10H2,(H,31,33)(H,35,36)(H4,28,29,30)/t19-,22-/m1/s1. The van der Waals surface area contributed by atoms with Crippen LogP contribution >= 0.6 is 46.6 Å². The van der Waals surface area contributed by atoms with E-state index in [0.717, 1.165) is 4.90 Å². The number of ether oxygens (including phenoxy) is 2. The van der Waals surface area contributed by atoms with E-state index in [0.29, 0.717) is 21.4 Å². The maximum Gasteiger partial charge on any atom is 0.352 e. The Hall–Kier alpha value is -3.32. The Morgan fingerprint density at radius 1 is 1.10 bits per heavy atom. The van der Waals surface area contributed by atoms with Gasteiger partial charge in [0.1, 0.15) is 29.5 Å². The number of hydrogen-bond acceptors (Lipinski definition) is 7. The third kappa shape index (κ3) is 6.64. The lowest BCUT2D eigenvalue weighted by molar-refractivity contribution is -0.150. The van der Waals surface area contributed by atoms with E-state index in [9.17, 15) is 19.5 Å². The lowest BCUT2D eigenvalue weighted by atomic mass is 10.0. The molecule has 206 valence electrons. The molecule has 4 rings (SSSR count). The molecule has 1 saturated heterocycles. The van der Waals surface area contributed by atoms with E-state index in [1.165, 1.54) is 23.9 Å². The highest BCUT2D eigenvalue weighted by molar-refractivity contribution is 8.00. The van der Waals surface area contributed by atoms with Crippen LogP contribution in [0.1, 0.15) is 6.42 Å². The number of aliphatic imine (C=N–C) groups is 1. The number of nitrogens with two attached hydrogens (primary N) is 2. The van der Waals surface area contributed by atoms with Gasteiger partial charge in [0.15, 0.2) is 17.5 Å². The van der Waals surface area contributed by atoms with Crippen molar-refractivity contribution in [2.45, 2.75) is 17.8 Å². The molecule has 0 unspecified atom stereocenters. The predicted molar refractivity (Wildman–Crippen MR) is 148 cm³/mol. The Labute approximate surface area is 242 Å². The number of nitrogens with one attached hydrogen (secondary N) is 1. The number of fused-ring (bicyclic) bond motifs is 1. The monoisotopic (exact) mass is 613 g/mol. The van der Waals surface area contributed by atoms with E-state index in [1.54, 1.807) is 24.3 Å². The van der Waals surface area contributed by atoms with Crippen molar-refractivity contribution in [3.63, 3.8) is 0 Å². The molecule has 0 radical (unpaired) electrons. The number of β-lactam (4-membered cyclic amide) rings is 1. The van der Waals surface area contributed by atoms with E-state index in [-0.39, 0.29) is 53.5 Å². The highest BCUT2D eigenvalue weighted by Gasteiger charge is 2.54. The molecule has 0 saturated carbocycles. The first kappa shape index (κ1) is 28.7. The molecule has 6 N–H and O–H groups in total. The average molecular weight is 615 g/mol. The number of rotatable bonds is 10. The number of carboxylic acid groups (broad SMARTS) is 1. The molecule has 1 fully saturated rings. The van der Waals surface area contributed by atoms with Gasteiger partial charge in [0.2, 0.25) is 5.91 Å². The van der Waals surface area contributed by atoms with Gasteiger partial charge in [0, 0.05) is 33.9 Å². The quantitative estimate of drug-likeness (QED) is 0.178. The number of carboxylic acids is 1. The zero-order valence-corrected chi connectivity index (χ0v) is 23.1. The lowest BCUT2D eigenvalue weighted by Crippen LogP contribution is -2.70. The van der Waals surface area contributed by atoms with Crippen LogP contribution in [0.15, 0.2) is 52.7 Å². The zero-order valence-electron chi connectivity index (χ0n) is 20.0. The summed E-state index contributed by atoms with van der Waals surface area (Å²) in [6, 6.07) is 8.57. The second-order valence-electron chi connectivity index (χ2n) is 8.33. The van der Waals surface area contributed by atoms with Crippen LogP contribution in [0, 0.1) is 0 Å². The zero-order chi connectivity index (χ0) is 28.3. The molecule has 2 aliphatic heterocycles. The molecule has 2 aliphatic rings. The summed E-state index contributed by atoms with van der Waals surface area (Å²) in [4.78, 5) is 42.1. The third-order valence-electron chi connectivity index (χ3n) is 5.62. The Morgan fingerprint density at radius 3 is 2.46 bits per heavy atom. The minimum atomic E-state index is -1.29. The van der Waals surface area contributed by atoms with Crippen molar-refractivity contribution in [2.24, 2.45) is 16.5 Å². The molecule has 2 aromatic rings. The van der Waals surface area contributed by atoms with Crippen LogP contribution in [0.2, 0.25) is 15.1 Å². The summed E-state index contributed by atoms with van der Waals surface area (Å²) in [5.74, 6) is -1.31. The highest BCUT2D eigenvalue weighted by Crippen LogP contribution is 2.42. The van der Waals surface area contributed by atoms with Crippen LogP contribution in [0.4, 0.5) is 0 Å². The van der Waals surface area contributed by atoms with Crippen molar-refractivity contribution in [1.82, 2.24) is 10.2 Å². The second kappa shape index (κ2) is 12.2. The van der Waals surface area contributed by atoms with Crippen LogP contribution in [-0.4, -0.2) is 64.1 Å². The molecule has 0 spiro atoms. The maximum atomic E-state index is 12.8. The fourth-order valence-corrected chi connectivity index (χ4v) is 5.78. The van der Waals surface area contributed by atoms with E-state index in [4.69, 9.17) is 55.7 Å². The first-order valence-electron chi connectivity index (χ1n) is 11.3. The van der Waals surface area contributed by atoms with Crippen LogP contribution in [-0.2, 0) is 14.4 Å². The minimum Gasteiger partial charge on any atom is -0.485 e. The molecule has 39 heavy (non-hydrogen) atoms. The molecule has 15 heteroatoms.